The molecule has 0 unspecified atom stereocenters. The van der Waals surface area contributed by atoms with Gasteiger partial charge >= 0.3 is 5.97 Å². The number of Topliss-reactive ketones (excluding diaryl/α,β-unsaturated/α-hetero) is 1. The standard InChI is InChI=1S/C37H56O7/c1-9-10-11-12-13-14-15-16-17-18-27(38)41-36-20-19-35-22-24(2)30-37(35,44-34(7,8)42-30)31-25(23-40-33(5,6)43-31)21-26(29(35)39)28(36)32(36,3)4/h21-22,26,28,30-31H,9-20,23H2,1-8H3/t26-,28+,30-,31+,35+,36-,37+/m0/s1. The second kappa shape index (κ2) is 11.0. The number of ketones is 1. The van der Waals surface area contributed by atoms with Crippen LogP contribution in [0.4, 0.5) is 0 Å². The number of carbonyl (C=O) groups excluding carboxylic acids is 2. The summed E-state index contributed by atoms with van der Waals surface area (Å²) in [5.41, 5.74) is -1.10. The minimum absolute atomic E-state index is 0.115. The van der Waals surface area contributed by atoms with Crippen molar-refractivity contribution in [2.45, 2.75) is 167 Å². The Labute approximate surface area is 264 Å². The molecule has 0 aromatic rings. The molecule has 0 amide bonds. The van der Waals surface area contributed by atoms with Crippen LogP contribution in [0.5, 0.6) is 0 Å². The Morgan fingerprint density at radius 1 is 0.886 bits per heavy atom. The van der Waals surface area contributed by atoms with Gasteiger partial charge in [0.2, 0.25) is 0 Å². The number of ether oxygens (including phenoxy) is 5. The Kier molecular flexibility index (Phi) is 8.12. The number of esters is 1. The molecule has 44 heavy (non-hydrogen) atoms. The minimum atomic E-state index is -1.05. The predicted molar refractivity (Wildman–Crippen MR) is 168 cm³/mol. The summed E-state index contributed by atoms with van der Waals surface area (Å²) in [4.78, 5) is 28.5. The summed E-state index contributed by atoms with van der Waals surface area (Å²) in [6.07, 6.45) is 15.7. The van der Waals surface area contributed by atoms with E-state index >= 15 is 4.79 Å². The third-order valence-electron chi connectivity index (χ3n) is 12.0. The average molecular weight is 613 g/mol. The second-order valence-corrected chi connectivity index (χ2v) is 16.1. The molecule has 0 radical (unpaired) electrons. The lowest BCUT2D eigenvalue weighted by atomic mass is 9.63. The Morgan fingerprint density at radius 3 is 2.20 bits per heavy atom. The van der Waals surface area contributed by atoms with E-state index < -0.39 is 46.3 Å². The maximum atomic E-state index is 15.1. The van der Waals surface area contributed by atoms with Crippen molar-refractivity contribution in [1.29, 1.82) is 0 Å². The zero-order chi connectivity index (χ0) is 31.8. The highest BCUT2D eigenvalue weighted by molar-refractivity contribution is 5.95. The number of carbonyl (C=O) groups is 2. The molecule has 0 N–H and O–H groups in total. The molecule has 0 aromatic carbocycles. The van der Waals surface area contributed by atoms with Gasteiger partial charge in [0.25, 0.3) is 0 Å². The van der Waals surface area contributed by atoms with Gasteiger partial charge in [0, 0.05) is 23.7 Å². The molecule has 246 valence electrons. The normalized spacial score (nSPS) is 40.4. The summed E-state index contributed by atoms with van der Waals surface area (Å²) in [7, 11) is 0. The number of unbranched alkanes of at least 4 members (excludes halogenated alkanes) is 8. The van der Waals surface area contributed by atoms with Gasteiger partial charge in [0.1, 0.15) is 23.4 Å². The van der Waals surface area contributed by atoms with Crippen molar-refractivity contribution >= 4 is 11.8 Å². The van der Waals surface area contributed by atoms with Crippen molar-refractivity contribution in [2.75, 3.05) is 6.61 Å². The smallest absolute Gasteiger partial charge is 0.306 e. The maximum Gasteiger partial charge on any atom is 0.306 e. The van der Waals surface area contributed by atoms with Crippen molar-refractivity contribution < 1.29 is 33.3 Å². The van der Waals surface area contributed by atoms with Gasteiger partial charge in [0.15, 0.2) is 17.4 Å². The van der Waals surface area contributed by atoms with Crippen LogP contribution in [0.3, 0.4) is 0 Å². The summed E-state index contributed by atoms with van der Waals surface area (Å²) in [6.45, 7) is 16.7. The fourth-order valence-electron chi connectivity index (χ4n) is 9.88. The van der Waals surface area contributed by atoms with Gasteiger partial charge < -0.3 is 23.7 Å². The van der Waals surface area contributed by atoms with E-state index in [1.807, 2.05) is 34.6 Å². The highest BCUT2D eigenvalue weighted by Crippen LogP contribution is 2.75. The summed E-state index contributed by atoms with van der Waals surface area (Å²) >= 11 is 0. The first kappa shape index (κ1) is 32.4. The molecular formula is C37H56O7. The third kappa shape index (κ3) is 4.81. The average Bonchev–Trinajstić information content (AvgIpc) is 3.17. The zero-order valence-electron chi connectivity index (χ0n) is 28.5. The van der Waals surface area contributed by atoms with E-state index in [0.29, 0.717) is 25.9 Å². The molecule has 2 spiro atoms. The fraction of sp³-hybridized carbons (Fsp3) is 0.838. The molecule has 2 aliphatic heterocycles. The first-order valence-corrected chi connectivity index (χ1v) is 17.5. The highest BCUT2D eigenvalue weighted by Gasteiger charge is 2.84. The predicted octanol–water partition coefficient (Wildman–Crippen LogP) is 7.75. The van der Waals surface area contributed by atoms with Gasteiger partial charge in [0.05, 0.1) is 12.0 Å². The van der Waals surface area contributed by atoms with Crippen LogP contribution in [-0.4, -0.2) is 53.3 Å². The Hall–Kier alpha value is -1.54. The Morgan fingerprint density at radius 2 is 1.52 bits per heavy atom. The van der Waals surface area contributed by atoms with Crippen LogP contribution < -0.4 is 0 Å². The molecule has 7 nitrogen and oxygen atoms in total. The first-order valence-electron chi connectivity index (χ1n) is 17.5. The Balaban J connectivity index is 1.25. The molecular weight excluding hydrogens is 556 g/mol. The van der Waals surface area contributed by atoms with Crippen molar-refractivity contribution in [3.8, 4) is 0 Å². The second-order valence-electron chi connectivity index (χ2n) is 16.1. The van der Waals surface area contributed by atoms with Crippen LogP contribution in [0.2, 0.25) is 0 Å². The number of hydrogen-bond acceptors (Lipinski definition) is 7. The molecule has 2 bridgehead atoms. The first-order chi connectivity index (χ1) is 20.7. The van der Waals surface area contributed by atoms with Gasteiger partial charge in [-0.25, -0.2) is 0 Å². The summed E-state index contributed by atoms with van der Waals surface area (Å²) < 4.78 is 33.0. The van der Waals surface area contributed by atoms with Gasteiger partial charge in [-0.05, 0) is 65.0 Å². The monoisotopic (exact) mass is 612 g/mol. The number of rotatable bonds is 11. The molecule has 2 saturated heterocycles. The largest absolute Gasteiger partial charge is 0.458 e. The van der Waals surface area contributed by atoms with E-state index in [-0.39, 0.29) is 23.1 Å². The quantitative estimate of drug-likeness (QED) is 0.134. The molecule has 4 fully saturated rings. The van der Waals surface area contributed by atoms with Crippen LogP contribution in [0.25, 0.3) is 0 Å². The van der Waals surface area contributed by atoms with Gasteiger partial charge in [-0.15, -0.1) is 0 Å². The molecule has 7 atom stereocenters. The van der Waals surface area contributed by atoms with Crippen LogP contribution in [0, 0.1) is 22.7 Å². The Bertz CT molecular complexity index is 1230. The van der Waals surface area contributed by atoms with Gasteiger partial charge in [-0.3, -0.25) is 9.59 Å². The maximum absolute atomic E-state index is 15.1. The van der Waals surface area contributed by atoms with Crippen molar-refractivity contribution in [3.63, 3.8) is 0 Å². The molecule has 4 aliphatic carbocycles. The third-order valence-corrected chi connectivity index (χ3v) is 12.0. The molecule has 6 aliphatic rings. The van der Waals surface area contributed by atoms with E-state index in [9.17, 15) is 4.79 Å². The van der Waals surface area contributed by atoms with Crippen LogP contribution in [-0.2, 0) is 33.3 Å². The molecule has 0 aromatic heterocycles. The lowest BCUT2D eigenvalue weighted by Crippen LogP contribution is -2.65. The van der Waals surface area contributed by atoms with Crippen molar-refractivity contribution in [2.24, 2.45) is 22.7 Å². The van der Waals surface area contributed by atoms with Gasteiger partial charge in [-0.2, -0.15) is 0 Å². The van der Waals surface area contributed by atoms with E-state index in [1.54, 1.807) is 0 Å². The summed E-state index contributed by atoms with van der Waals surface area (Å²) in [5, 5.41) is 0. The topological polar surface area (TPSA) is 80.3 Å². The fourth-order valence-corrected chi connectivity index (χ4v) is 9.88. The van der Waals surface area contributed by atoms with Crippen molar-refractivity contribution in [1.82, 2.24) is 0 Å². The van der Waals surface area contributed by atoms with E-state index in [0.717, 1.165) is 24.0 Å². The number of fused-ring (bicyclic) bond motifs is 4. The highest BCUT2D eigenvalue weighted by atomic mass is 16.8. The van der Waals surface area contributed by atoms with E-state index in [2.05, 4.69) is 32.9 Å². The van der Waals surface area contributed by atoms with E-state index in [1.165, 1.54) is 44.9 Å². The summed E-state index contributed by atoms with van der Waals surface area (Å²) in [6, 6.07) is 0. The number of allylic oxidation sites excluding steroid dienone is 1. The lowest BCUT2D eigenvalue weighted by Gasteiger charge is -2.51. The molecule has 2 heterocycles. The van der Waals surface area contributed by atoms with Crippen molar-refractivity contribution in [3.05, 3.63) is 23.3 Å². The van der Waals surface area contributed by atoms with Gasteiger partial charge in [-0.1, -0.05) is 84.3 Å². The lowest BCUT2D eigenvalue weighted by molar-refractivity contribution is -0.302. The molecule has 2 saturated carbocycles. The van der Waals surface area contributed by atoms with E-state index in [4.69, 9.17) is 23.7 Å². The number of hydrogen-bond donors (Lipinski definition) is 0. The summed E-state index contributed by atoms with van der Waals surface area (Å²) in [5.74, 6) is -2.27. The minimum Gasteiger partial charge on any atom is -0.458 e. The molecule has 7 heteroatoms. The van der Waals surface area contributed by atoms with Crippen LogP contribution in [0.15, 0.2) is 23.3 Å². The van der Waals surface area contributed by atoms with Crippen LogP contribution >= 0.6 is 0 Å². The SMILES string of the molecule is CCCCCCCCCCCC(=O)O[C@@]12CC[C@]34C=C(C)[C@@H]5OC(C)(C)O[C@@]53[C@@H]3OC(C)(C)OCC3=C[C@H](C4=O)[C@@H]1C2(C)C. The zero-order valence-corrected chi connectivity index (χ0v) is 28.5. The molecule has 6 rings (SSSR count). The van der Waals surface area contributed by atoms with Crippen LogP contribution in [0.1, 0.15) is 132 Å².